The Morgan fingerprint density at radius 3 is 2.70 bits per heavy atom. The van der Waals surface area contributed by atoms with Gasteiger partial charge in [-0.25, -0.2) is 14.2 Å². The number of aromatic nitrogens is 3. The van der Waals surface area contributed by atoms with Gasteiger partial charge >= 0.3 is 5.97 Å². The SMILES string of the molecule is O=C(O)c1cc(-c2cnccn2)nc2ccc(F)cc12. The molecule has 3 rings (SSSR count). The van der Waals surface area contributed by atoms with E-state index >= 15 is 0 Å². The van der Waals surface area contributed by atoms with Crippen LogP contribution < -0.4 is 0 Å². The third-order valence-corrected chi connectivity index (χ3v) is 2.83. The van der Waals surface area contributed by atoms with Gasteiger partial charge in [-0.05, 0) is 24.3 Å². The molecule has 3 aromatic rings. The van der Waals surface area contributed by atoms with Crippen LogP contribution in [0.4, 0.5) is 4.39 Å². The fourth-order valence-electron chi connectivity index (χ4n) is 1.94. The molecule has 2 heterocycles. The van der Waals surface area contributed by atoms with Crippen molar-refractivity contribution in [3.8, 4) is 11.4 Å². The van der Waals surface area contributed by atoms with Crippen molar-refractivity contribution in [1.29, 1.82) is 0 Å². The van der Waals surface area contributed by atoms with Crippen molar-refractivity contribution in [1.82, 2.24) is 15.0 Å². The highest BCUT2D eigenvalue weighted by Gasteiger charge is 2.14. The quantitative estimate of drug-likeness (QED) is 0.773. The molecule has 2 aromatic heterocycles. The number of hydrogen-bond donors (Lipinski definition) is 1. The van der Waals surface area contributed by atoms with Crippen LogP contribution in [0.25, 0.3) is 22.3 Å². The molecule has 0 radical (unpaired) electrons. The molecule has 0 amide bonds. The van der Waals surface area contributed by atoms with E-state index in [1.54, 1.807) is 0 Å². The van der Waals surface area contributed by atoms with Crippen molar-refractivity contribution in [2.75, 3.05) is 0 Å². The second-order valence-electron chi connectivity index (χ2n) is 4.11. The molecule has 0 saturated carbocycles. The molecular weight excluding hydrogens is 261 g/mol. The summed E-state index contributed by atoms with van der Waals surface area (Å²) in [4.78, 5) is 23.6. The van der Waals surface area contributed by atoms with Crippen LogP contribution in [0.5, 0.6) is 0 Å². The maximum atomic E-state index is 13.3. The summed E-state index contributed by atoms with van der Waals surface area (Å²) in [6.45, 7) is 0. The minimum absolute atomic E-state index is 0.0184. The molecule has 0 saturated heterocycles. The van der Waals surface area contributed by atoms with E-state index in [4.69, 9.17) is 0 Å². The Morgan fingerprint density at radius 1 is 1.15 bits per heavy atom. The zero-order valence-electron chi connectivity index (χ0n) is 10.1. The second-order valence-corrected chi connectivity index (χ2v) is 4.11. The summed E-state index contributed by atoms with van der Waals surface area (Å²) < 4.78 is 13.3. The number of halogens is 1. The molecule has 98 valence electrons. The first kappa shape index (κ1) is 12.2. The summed E-state index contributed by atoms with van der Waals surface area (Å²) in [5.41, 5.74) is 1.22. The van der Waals surface area contributed by atoms with Crippen LogP contribution in [0.15, 0.2) is 42.9 Å². The Hall–Kier alpha value is -2.89. The molecule has 1 N–H and O–H groups in total. The Bertz CT molecular complexity index is 806. The van der Waals surface area contributed by atoms with Crippen LogP contribution >= 0.6 is 0 Å². The number of hydrogen-bond acceptors (Lipinski definition) is 4. The number of benzene rings is 1. The van der Waals surface area contributed by atoms with E-state index in [9.17, 15) is 14.3 Å². The van der Waals surface area contributed by atoms with Gasteiger partial charge in [0.25, 0.3) is 0 Å². The molecule has 0 aliphatic heterocycles. The normalized spacial score (nSPS) is 10.7. The molecular formula is C14H8FN3O2. The van der Waals surface area contributed by atoms with Gasteiger partial charge in [0.05, 0.1) is 23.0 Å². The smallest absolute Gasteiger partial charge is 0.336 e. The second kappa shape index (κ2) is 4.65. The molecule has 0 fully saturated rings. The van der Waals surface area contributed by atoms with Gasteiger partial charge in [0, 0.05) is 17.8 Å². The molecule has 0 unspecified atom stereocenters. The van der Waals surface area contributed by atoms with E-state index in [1.807, 2.05) is 0 Å². The van der Waals surface area contributed by atoms with Crippen LogP contribution in [0.2, 0.25) is 0 Å². The number of carbonyl (C=O) groups is 1. The molecule has 20 heavy (non-hydrogen) atoms. The lowest BCUT2D eigenvalue weighted by Crippen LogP contribution is -2.01. The fraction of sp³-hybridized carbons (Fsp3) is 0. The van der Waals surface area contributed by atoms with Gasteiger partial charge in [0.1, 0.15) is 11.5 Å². The summed E-state index contributed by atoms with van der Waals surface area (Å²) in [5.74, 6) is -1.65. The van der Waals surface area contributed by atoms with Gasteiger partial charge in [-0.3, -0.25) is 9.97 Å². The Kier molecular flexibility index (Phi) is 2.83. The lowest BCUT2D eigenvalue weighted by atomic mass is 10.1. The van der Waals surface area contributed by atoms with Gasteiger partial charge in [-0.2, -0.15) is 0 Å². The molecule has 5 nitrogen and oxygen atoms in total. The van der Waals surface area contributed by atoms with E-state index in [2.05, 4.69) is 15.0 Å². The maximum absolute atomic E-state index is 13.3. The van der Waals surface area contributed by atoms with Crippen molar-refractivity contribution in [3.05, 3.63) is 54.2 Å². The van der Waals surface area contributed by atoms with E-state index in [-0.39, 0.29) is 10.9 Å². The monoisotopic (exact) mass is 269 g/mol. The number of carboxylic acids is 1. The van der Waals surface area contributed by atoms with E-state index < -0.39 is 11.8 Å². The number of aromatic carboxylic acids is 1. The minimum Gasteiger partial charge on any atom is -0.478 e. The first-order valence-corrected chi connectivity index (χ1v) is 5.75. The van der Waals surface area contributed by atoms with Crippen molar-refractivity contribution >= 4 is 16.9 Å². The molecule has 0 atom stereocenters. The molecule has 1 aromatic carbocycles. The predicted octanol–water partition coefficient (Wildman–Crippen LogP) is 2.53. The first-order valence-electron chi connectivity index (χ1n) is 5.75. The lowest BCUT2D eigenvalue weighted by Gasteiger charge is -2.06. The van der Waals surface area contributed by atoms with E-state index in [0.29, 0.717) is 16.9 Å². The average Bonchev–Trinajstić information content (AvgIpc) is 2.47. The molecule has 0 aliphatic rings. The van der Waals surface area contributed by atoms with Crippen LogP contribution in [-0.4, -0.2) is 26.0 Å². The van der Waals surface area contributed by atoms with Crippen LogP contribution in [0.1, 0.15) is 10.4 Å². The van der Waals surface area contributed by atoms with Crippen molar-refractivity contribution in [3.63, 3.8) is 0 Å². The summed E-state index contributed by atoms with van der Waals surface area (Å²) in [5, 5.41) is 9.51. The fourth-order valence-corrected chi connectivity index (χ4v) is 1.94. The molecule has 6 heteroatoms. The highest BCUT2D eigenvalue weighted by atomic mass is 19.1. The van der Waals surface area contributed by atoms with E-state index in [1.165, 1.54) is 36.8 Å². The van der Waals surface area contributed by atoms with Gasteiger partial charge in [-0.15, -0.1) is 0 Å². The van der Waals surface area contributed by atoms with Gasteiger partial charge in [0.15, 0.2) is 0 Å². The number of nitrogens with zero attached hydrogens (tertiary/aromatic N) is 3. The minimum atomic E-state index is -1.15. The summed E-state index contributed by atoms with van der Waals surface area (Å²) >= 11 is 0. The highest BCUT2D eigenvalue weighted by molar-refractivity contribution is 6.03. The zero-order chi connectivity index (χ0) is 14.1. The zero-order valence-corrected chi connectivity index (χ0v) is 10.1. The lowest BCUT2D eigenvalue weighted by molar-refractivity contribution is 0.0699. The summed E-state index contributed by atoms with van der Waals surface area (Å²) in [6, 6.07) is 5.21. The van der Waals surface area contributed by atoms with Crippen molar-refractivity contribution < 1.29 is 14.3 Å². The van der Waals surface area contributed by atoms with Crippen molar-refractivity contribution in [2.45, 2.75) is 0 Å². The third-order valence-electron chi connectivity index (χ3n) is 2.83. The van der Waals surface area contributed by atoms with Gasteiger partial charge < -0.3 is 5.11 Å². The Balaban J connectivity index is 2.32. The third kappa shape index (κ3) is 2.07. The van der Waals surface area contributed by atoms with Gasteiger partial charge in [0.2, 0.25) is 0 Å². The molecule has 0 bridgehead atoms. The van der Waals surface area contributed by atoms with Crippen LogP contribution in [-0.2, 0) is 0 Å². The Morgan fingerprint density at radius 2 is 2.00 bits per heavy atom. The number of rotatable bonds is 2. The summed E-state index contributed by atoms with van der Waals surface area (Å²) in [6.07, 6.45) is 4.49. The largest absolute Gasteiger partial charge is 0.478 e. The van der Waals surface area contributed by atoms with E-state index in [0.717, 1.165) is 6.07 Å². The topological polar surface area (TPSA) is 76.0 Å². The van der Waals surface area contributed by atoms with Crippen LogP contribution in [0, 0.1) is 5.82 Å². The Labute approximate surface area is 112 Å². The first-order chi connectivity index (χ1) is 9.65. The molecule has 0 spiro atoms. The highest BCUT2D eigenvalue weighted by Crippen LogP contribution is 2.24. The maximum Gasteiger partial charge on any atom is 0.336 e. The standard InChI is InChI=1S/C14H8FN3O2/c15-8-1-2-11-9(5-8)10(14(19)20)6-12(18-11)13-7-16-3-4-17-13/h1-7H,(H,19,20). The predicted molar refractivity (Wildman–Crippen MR) is 69.7 cm³/mol. The molecule has 0 aliphatic carbocycles. The number of carboxylic acid groups (broad SMARTS) is 1. The number of fused-ring (bicyclic) bond motifs is 1. The van der Waals surface area contributed by atoms with Gasteiger partial charge in [-0.1, -0.05) is 0 Å². The average molecular weight is 269 g/mol. The summed E-state index contributed by atoms with van der Waals surface area (Å²) in [7, 11) is 0. The number of pyridine rings is 1. The van der Waals surface area contributed by atoms with Crippen LogP contribution in [0.3, 0.4) is 0 Å². The van der Waals surface area contributed by atoms with Crippen molar-refractivity contribution in [2.24, 2.45) is 0 Å².